The van der Waals surface area contributed by atoms with Gasteiger partial charge in [-0.2, -0.15) is 0 Å². The van der Waals surface area contributed by atoms with E-state index in [9.17, 15) is 9.59 Å². The van der Waals surface area contributed by atoms with Crippen molar-refractivity contribution in [1.82, 2.24) is 10.3 Å². The molecule has 23 heavy (non-hydrogen) atoms. The lowest BCUT2D eigenvalue weighted by molar-refractivity contribution is 0.0923. The maximum atomic E-state index is 12.2. The molecule has 1 aromatic carbocycles. The number of aromatic nitrogens is 1. The Morgan fingerprint density at radius 1 is 1.22 bits per heavy atom. The molecule has 0 aliphatic heterocycles. The summed E-state index contributed by atoms with van der Waals surface area (Å²) in [7, 11) is 1.52. The van der Waals surface area contributed by atoms with Gasteiger partial charge in [0.05, 0.1) is 12.5 Å². The van der Waals surface area contributed by atoms with Crippen LogP contribution in [0.5, 0.6) is 5.75 Å². The minimum absolute atomic E-state index is 0.0372. The molecule has 0 saturated heterocycles. The highest BCUT2D eigenvalue weighted by Crippen LogP contribution is 2.19. The Kier molecular flexibility index (Phi) is 4.05. The predicted octanol–water partition coefficient (Wildman–Crippen LogP) is 2.13. The topological polar surface area (TPSA) is 81.4 Å². The molecule has 6 heteroatoms. The van der Waals surface area contributed by atoms with Gasteiger partial charge in [0.2, 0.25) is 0 Å². The molecule has 1 amide bonds. The third-order valence-electron chi connectivity index (χ3n) is 3.36. The molecular weight excluding hydrogens is 296 g/mol. The zero-order valence-electron chi connectivity index (χ0n) is 12.4. The lowest BCUT2D eigenvalue weighted by Gasteiger charge is -2.06. The molecule has 3 aromatic rings. The van der Waals surface area contributed by atoms with E-state index >= 15 is 0 Å². The van der Waals surface area contributed by atoms with E-state index in [1.807, 2.05) is 0 Å². The molecule has 1 N–H and O–H groups in total. The van der Waals surface area contributed by atoms with Crippen LogP contribution in [0.2, 0.25) is 0 Å². The van der Waals surface area contributed by atoms with Crippen molar-refractivity contribution in [3.63, 3.8) is 0 Å². The maximum Gasteiger partial charge on any atom is 0.287 e. The van der Waals surface area contributed by atoms with E-state index in [0.717, 1.165) is 5.56 Å². The first kappa shape index (κ1) is 14.8. The molecule has 0 fully saturated rings. The quantitative estimate of drug-likeness (QED) is 0.798. The van der Waals surface area contributed by atoms with Crippen LogP contribution in [0.3, 0.4) is 0 Å². The lowest BCUT2D eigenvalue weighted by Crippen LogP contribution is -2.24. The molecule has 6 nitrogen and oxygen atoms in total. The fourth-order valence-corrected chi connectivity index (χ4v) is 2.14. The fraction of sp³-hybridized carbons (Fsp3) is 0.118. The van der Waals surface area contributed by atoms with Crippen molar-refractivity contribution < 1.29 is 13.9 Å². The van der Waals surface area contributed by atoms with E-state index in [1.54, 1.807) is 42.7 Å². The van der Waals surface area contributed by atoms with Crippen LogP contribution < -0.4 is 15.5 Å². The second-order valence-electron chi connectivity index (χ2n) is 4.88. The van der Waals surface area contributed by atoms with E-state index in [0.29, 0.717) is 23.3 Å². The molecule has 116 valence electrons. The summed E-state index contributed by atoms with van der Waals surface area (Å²) in [6.07, 6.45) is 3.29. The predicted molar refractivity (Wildman–Crippen MR) is 84.4 cm³/mol. The molecular formula is C17H14N2O4. The van der Waals surface area contributed by atoms with Crippen molar-refractivity contribution in [2.24, 2.45) is 0 Å². The van der Waals surface area contributed by atoms with Crippen LogP contribution in [-0.4, -0.2) is 18.0 Å². The number of ether oxygens (including phenoxy) is 1. The molecule has 3 rings (SSSR count). The van der Waals surface area contributed by atoms with Crippen molar-refractivity contribution >= 4 is 16.9 Å². The smallest absolute Gasteiger partial charge is 0.287 e. The highest BCUT2D eigenvalue weighted by atomic mass is 16.5. The molecule has 0 aliphatic carbocycles. The van der Waals surface area contributed by atoms with Gasteiger partial charge in [-0.1, -0.05) is 0 Å². The van der Waals surface area contributed by atoms with Gasteiger partial charge in [0, 0.05) is 31.1 Å². The Labute approximate surface area is 131 Å². The van der Waals surface area contributed by atoms with E-state index in [4.69, 9.17) is 9.15 Å². The third kappa shape index (κ3) is 3.21. The molecule has 0 unspecified atom stereocenters. The van der Waals surface area contributed by atoms with Crippen molar-refractivity contribution in [2.75, 3.05) is 7.11 Å². The van der Waals surface area contributed by atoms with Gasteiger partial charge < -0.3 is 14.5 Å². The number of rotatable bonds is 4. The number of hydrogen-bond donors (Lipinski definition) is 1. The minimum Gasteiger partial charge on any atom is -0.497 e. The summed E-state index contributed by atoms with van der Waals surface area (Å²) in [5, 5.41) is 3.10. The number of hydrogen-bond acceptors (Lipinski definition) is 5. The molecule has 2 heterocycles. The number of nitrogens with zero attached hydrogens (tertiary/aromatic N) is 1. The number of pyridine rings is 1. The Morgan fingerprint density at radius 3 is 2.74 bits per heavy atom. The van der Waals surface area contributed by atoms with Gasteiger partial charge >= 0.3 is 0 Å². The summed E-state index contributed by atoms with van der Waals surface area (Å²) in [6.45, 7) is 0.321. The van der Waals surface area contributed by atoms with E-state index in [1.165, 1.54) is 13.2 Å². The first-order valence-electron chi connectivity index (χ1n) is 6.96. The monoisotopic (exact) mass is 310 g/mol. The van der Waals surface area contributed by atoms with Crippen LogP contribution >= 0.6 is 0 Å². The fourth-order valence-electron chi connectivity index (χ4n) is 2.14. The molecule has 2 aromatic heterocycles. The molecule has 0 atom stereocenters. The summed E-state index contributed by atoms with van der Waals surface area (Å²) in [5.74, 6) is 0.0587. The summed E-state index contributed by atoms with van der Waals surface area (Å²) in [6, 6.07) is 9.64. The van der Waals surface area contributed by atoms with E-state index in [-0.39, 0.29) is 11.2 Å². The zero-order valence-corrected chi connectivity index (χ0v) is 12.4. The second kappa shape index (κ2) is 6.31. The Hall–Kier alpha value is -3.15. The average molecular weight is 310 g/mol. The Morgan fingerprint density at radius 2 is 2.00 bits per heavy atom. The van der Waals surface area contributed by atoms with Gasteiger partial charge in [-0.05, 0) is 29.8 Å². The number of amides is 1. The van der Waals surface area contributed by atoms with Gasteiger partial charge in [-0.15, -0.1) is 0 Å². The number of methoxy groups -OCH3 is 1. The van der Waals surface area contributed by atoms with Gasteiger partial charge in [-0.25, -0.2) is 0 Å². The standard InChI is InChI=1S/C17H14N2O4/c1-22-12-2-3-13-14(20)9-16(23-15(13)8-12)17(21)19-10-11-4-6-18-7-5-11/h2-9H,10H2,1H3,(H,19,21). The van der Waals surface area contributed by atoms with Crippen LogP contribution in [0.4, 0.5) is 0 Å². The largest absolute Gasteiger partial charge is 0.497 e. The summed E-state index contributed by atoms with van der Waals surface area (Å²) < 4.78 is 10.6. The van der Waals surface area contributed by atoms with Crippen LogP contribution in [0.1, 0.15) is 16.1 Å². The van der Waals surface area contributed by atoms with Crippen LogP contribution in [0.15, 0.2) is 58.0 Å². The van der Waals surface area contributed by atoms with Crippen LogP contribution in [0.25, 0.3) is 11.0 Å². The van der Waals surface area contributed by atoms with Gasteiger partial charge in [-0.3, -0.25) is 14.6 Å². The first-order chi connectivity index (χ1) is 11.2. The van der Waals surface area contributed by atoms with E-state index < -0.39 is 5.91 Å². The summed E-state index contributed by atoms with van der Waals surface area (Å²) >= 11 is 0. The van der Waals surface area contributed by atoms with Crippen LogP contribution in [-0.2, 0) is 6.54 Å². The minimum atomic E-state index is -0.455. The molecule has 0 bridgehead atoms. The maximum absolute atomic E-state index is 12.2. The molecule has 0 saturated carbocycles. The SMILES string of the molecule is COc1ccc2c(=O)cc(C(=O)NCc3ccncc3)oc2c1. The Bertz CT molecular complexity index is 903. The number of nitrogens with one attached hydrogen (secondary N) is 1. The third-order valence-corrected chi connectivity index (χ3v) is 3.36. The highest BCUT2D eigenvalue weighted by molar-refractivity contribution is 5.93. The van der Waals surface area contributed by atoms with Crippen LogP contribution in [0, 0.1) is 0 Å². The van der Waals surface area contributed by atoms with E-state index in [2.05, 4.69) is 10.3 Å². The van der Waals surface area contributed by atoms with Crippen molar-refractivity contribution in [3.8, 4) is 5.75 Å². The first-order valence-corrected chi connectivity index (χ1v) is 6.96. The van der Waals surface area contributed by atoms with Gasteiger partial charge in [0.25, 0.3) is 5.91 Å². The summed E-state index contributed by atoms with van der Waals surface area (Å²) in [4.78, 5) is 28.2. The van der Waals surface area contributed by atoms with Crippen molar-refractivity contribution in [3.05, 3.63) is 70.3 Å². The average Bonchev–Trinajstić information content (AvgIpc) is 2.60. The highest BCUT2D eigenvalue weighted by Gasteiger charge is 2.12. The normalized spacial score (nSPS) is 10.5. The molecule has 0 spiro atoms. The number of benzene rings is 1. The second-order valence-corrected chi connectivity index (χ2v) is 4.88. The Balaban J connectivity index is 1.87. The van der Waals surface area contributed by atoms with Crippen molar-refractivity contribution in [2.45, 2.75) is 6.54 Å². The van der Waals surface area contributed by atoms with Gasteiger partial charge in [0.1, 0.15) is 11.3 Å². The zero-order chi connectivity index (χ0) is 16.2. The number of carbonyl (C=O) groups excluding carboxylic acids is 1. The molecule has 0 radical (unpaired) electrons. The summed E-state index contributed by atoms with van der Waals surface area (Å²) in [5.41, 5.74) is 0.937. The lowest BCUT2D eigenvalue weighted by atomic mass is 10.2. The molecule has 0 aliphatic rings. The number of fused-ring (bicyclic) bond motifs is 1. The number of carbonyl (C=O) groups is 1. The van der Waals surface area contributed by atoms with Crippen molar-refractivity contribution in [1.29, 1.82) is 0 Å². The van der Waals surface area contributed by atoms with Gasteiger partial charge in [0.15, 0.2) is 11.2 Å².